The number of carboxylic acids is 1. The van der Waals surface area contributed by atoms with E-state index in [2.05, 4.69) is 12.2 Å². The van der Waals surface area contributed by atoms with Crippen molar-refractivity contribution in [1.82, 2.24) is 5.32 Å². The third-order valence-electron chi connectivity index (χ3n) is 4.13. The summed E-state index contributed by atoms with van der Waals surface area (Å²) in [6.07, 6.45) is 4.84. The Labute approximate surface area is 115 Å². The molecule has 0 spiro atoms. The quantitative estimate of drug-likeness (QED) is 0.856. The normalized spacial score (nSPS) is 24.9. The van der Waals surface area contributed by atoms with Gasteiger partial charge in [-0.05, 0) is 37.2 Å². The summed E-state index contributed by atoms with van der Waals surface area (Å²) >= 11 is 0. The Balaban J connectivity index is 1.90. The highest BCUT2D eigenvalue weighted by molar-refractivity contribution is 5.76. The van der Waals surface area contributed by atoms with Crippen LogP contribution in [0.3, 0.4) is 0 Å². The van der Waals surface area contributed by atoms with Crippen molar-refractivity contribution in [2.24, 2.45) is 5.92 Å². The van der Waals surface area contributed by atoms with Crippen LogP contribution in [0.1, 0.15) is 44.1 Å². The first-order valence-electron chi connectivity index (χ1n) is 7.18. The van der Waals surface area contributed by atoms with E-state index in [1.807, 2.05) is 30.3 Å². The number of benzene rings is 1. The average molecular weight is 261 g/mol. The molecule has 1 unspecified atom stereocenters. The van der Waals surface area contributed by atoms with Gasteiger partial charge in [0.25, 0.3) is 0 Å². The van der Waals surface area contributed by atoms with E-state index in [1.54, 1.807) is 0 Å². The number of carbonyl (C=O) groups is 1. The molecular formula is C16H23NO2. The van der Waals surface area contributed by atoms with Gasteiger partial charge in [-0.3, -0.25) is 4.79 Å². The molecule has 0 heterocycles. The van der Waals surface area contributed by atoms with Gasteiger partial charge in [0.2, 0.25) is 0 Å². The number of hydrogen-bond donors (Lipinski definition) is 2. The van der Waals surface area contributed by atoms with Crippen LogP contribution >= 0.6 is 0 Å². The van der Waals surface area contributed by atoms with E-state index in [1.165, 1.54) is 25.7 Å². The predicted octanol–water partition coefficient (Wildman–Crippen LogP) is 3.02. The molecule has 0 bridgehead atoms. The fourth-order valence-electron chi connectivity index (χ4n) is 2.78. The standard InChI is InChI=1S/C16H23NO2/c1-12-7-9-14(10-8-12)17-11-15(16(18)19)13-5-3-2-4-6-13/h2-6,12,14-15,17H,7-11H2,1H3,(H,18,19). The molecular weight excluding hydrogens is 238 g/mol. The van der Waals surface area contributed by atoms with E-state index in [4.69, 9.17) is 0 Å². The second-order valence-corrected chi connectivity index (χ2v) is 5.67. The molecule has 3 nitrogen and oxygen atoms in total. The minimum absolute atomic E-state index is 0.444. The SMILES string of the molecule is CC1CCC(NCC(C(=O)O)c2ccccc2)CC1. The summed E-state index contributed by atoms with van der Waals surface area (Å²) in [5.41, 5.74) is 0.881. The molecule has 0 saturated heterocycles. The first kappa shape index (κ1) is 14.1. The zero-order valence-electron chi connectivity index (χ0n) is 11.5. The van der Waals surface area contributed by atoms with Gasteiger partial charge in [-0.1, -0.05) is 37.3 Å². The molecule has 2 N–H and O–H groups in total. The highest BCUT2D eigenvalue weighted by Crippen LogP contribution is 2.24. The summed E-state index contributed by atoms with van der Waals surface area (Å²) in [4.78, 5) is 11.4. The van der Waals surface area contributed by atoms with Crippen molar-refractivity contribution < 1.29 is 9.90 Å². The van der Waals surface area contributed by atoms with Gasteiger partial charge in [-0.25, -0.2) is 0 Å². The minimum Gasteiger partial charge on any atom is -0.481 e. The van der Waals surface area contributed by atoms with E-state index in [-0.39, 0.29) is 0 Å². The Morgan fingerprint density at radius 1 is 1.26 bits per heavy atom. The monoisotopic (exact) mass is 261 g/mol. The Hall–Kier alpha value is -1.35. The fraction of sp³-hybridized carbons (Fsp3) is 0.562. The summed E-state index contributed by atoms with van der Waals surface area (Å²) in [7, 11) is 0. The lowest BCUT2D eigenvalue weighted by molar-refractivity contribution is -0.138. The van der Waals surface area contributed by atoms with Crippen LogP contribution in [0.4, 0.5) is 0 Å². The van der Waals surface area contributed by atoms with E-state index >= 15 is 0 Å². The topological polar surface area (TPSA) is 49.3 Å². The molecule has 19 heavy (non-hydrogen) atoms. The second-order valence-electron chi connectivity index (χ2n) is 5.67. The molecule has 1 aliphatic rings. The predicted molar refractivity (Wildman–Crippen MR) is 76.2 cm³/mol. The lowest BCUT2D eigenvalue weighted by Crippen LogP contribution is -2.37. The number of carboxylic acid groups (broad SMARTS) is 1. The lowest BCUT2D eigenvalue weighted by Gasteiger charge is -2.28. The maximum atomic E-state index is 11.4. The van der Waals surface area contributed by atoms with Crippen LogP contribution in [-0.4, -0.2) is 23.7 Å². The largest absolute Gasteiger partial charge is 0.481 e. The molecule has 1 aliphatic carbocycles. The van der Waals surface area contributed by atoms with Gasteiger partial charge in [0.05, 0.1) is 5.92 Å². The fourth-order valence-corrected chi connectivity index (χ4v) is 2.78. The first-order chi connectivity index (χ1) is 9.16. The average Bonchev–Trinajstić information content (AvgIpc) is 2.42. The van der Waals surface area contributed by atoms with Crippen LogP contribution in [0.2, 0.25) is 0 Å². The number of rotatable bonds is 5. The van der Waals surface area contributed by atoms with Gasteiger partial charge in [0.1, 0.15) is 0 Å². The highest BCUT2D eigenvalue weighted by atomic mass is 16.4. The molecule has 0 aromatic heterocycles. The number of aliphatic carboxylic acids is 1. The molecule has 0 radical (unpaired) electrons. The van der Waals surface area contributed by atoms with Crippen molar-refractivity contribution in [3.63, 3.8) is 0 Å². The second kappa shape index (κ2) is 6.71. The van der Waals surface area contributed by atoms with Gasteiger partial charge in [0.15, 0.2) is 0 Å². The smallest absolute Gasteiger partial charge is 0.312 e. The molecule has 1 fully saturated rings. The summed E-state index contributed by atoms with van der Waals surface area (Å²) in [6.45, 7) is 2.82. The molecule has 1 aromatic rings. The van der Waals surface area contributed by atoms with Gasteiger partial charge >= 0.3 is 5.97 Å². The summed E-state index contributed by atoms with van der Waals surface area (Å²) in [5, 5.41) is 12.8. The van der Waals surface area contributed by atoms with E-state index in [9.17, 15) is 9.90 Å². The van der Waals surface area contributed by atoms with Crippen LogP contribution in [-0.2, 0) is 4.79 Å². The highest BCUT2D eigenvalue weighted by Gasteiger charge is 2.23. The van der Waals surface area contributed by atoms with Gasteiger partial charge in [-0.15, -0.1) is 0 Å². The molecule has 0 amide bonds. The molecule has 2 rings (SSSR count). The van der Waals surface area contributed by atoms with Crippen molar-refractivity contribution in [3.05, 3.63) is 35.9 Å². The molecule has 1 aromatic carbocycles. The molecule has 0 aliphatic heterocycles. The summed E-state index contributed by atoms with van der Waals surface area (Å²) in [6, 6.07) is 9.98. The Morgan fingerprint density at radius 3 is 2.47 bits per heavy atom. The van der Waals surface area contributed by atoms with Gasteiger partial charge in [0, 0.05) is 12.6 Å². The Morgan fingerprint density at radius 2 is 1.89 bits per heavy atom. The van der Waals surface area contributed by atoms with Crippen LogP contribution in [0.5, 0.6) is 0 Å². The van der Waals surface area contributed by atoms with Crippen molar-refractivity contribution in [2.75, 3.05) is 6.54 Å². The van der Waals surface area contributed by atoms with Crippen molar-refractivity contribution in [3.8, 4) is 0 Å². The third kappa shape index (κ3) is 4.06. The van der Waals surface area contributed by atoms with Crippen LogP contribution in [0.15, 0.2) is 30.3 Å². The van der Waals surface area contributed by atoms with Crippen LogP contribution in [0.25, 0.3) is 0 Å². The molecule has 1 atom stereocenters. The maximum Gasteiger partial charge on any atom is 0.312 e. The van der Waals surface area contributed by atoms with Crippen LogP contribution < -0.4 is 5.32 Å². The third-order valence-corrected chi connectivity index (χ3v) is 4.13. The van der Waals surface area contributed by atoms with Gasteiger partial charge in [-0.2, -0.15) is 0 Å². The Bertz CT molecular complexity index is 396. The Kier molecular flexibility index (Phi) is 4.97. The van der Waals surface area contributed by atoms with Crippen molar-refractivity contribution in [1.29, 1.82) is 0 Å². The lowest BCUT2D eigenvalue weighted by atomic mass is 9.87. The first-order valence-corrected chi connectivity index (χ1v) is 7.18. The van der Waals surface area contributed by atoms with Crippen molar-refractivity contribution in [2.45, 2.75) is 44.6 Å². The van der Waals surface area contributed by atoms with Crippen molar-refractivity contribution >= 4 is 5.97 Å². The summed E-state index contributed by atoms with van der Waals surface area (Å²) in [5.74, 6) is -0.370. The number of hydrogen-bond acceptors (Lipinski definition) is 2. The van der Waals surface area contributed by atoms with Crippen LogP contribution in [0, 0.1) is 5.92 Å². The zero-order valence-corrected chi connectivity index (χ0v) is 11.5. The number of nitrogens with one attached hydrogen (secondary N) is 1. The van der Waals surface area contributed by atoms with E-state index in [0.717, 1.165) is 11.5 Å². The molecule has 1 saturated carbocycles. The summed E-state index contributed by atoms with van der Waals surface area (Å²) < 4.78 is 0. The molecule has 104 valence electrons. The van der Waals surface area contributed by atoms with Gasteiger partial charge < -0.3 is 10.4 Å². The maximum absolute atomic E-state index is 11.4. The minimum atomic E-state index is -0.747. The van der Waals surface area contributed by atoms with E-state index in [0.29, 0.717) is 12.6 Å². The zero-order chi connectivity index (χ0) is 13.7. The van der Waals surface area contributed by atoms with E-state index < -0.39 is 11.9 Å². The molecule has 3 heteroatoms.